The van der Waals surface area contributed by atoms with Crippen LogP contribution in [0.4, 0.5) is 0 Å². The molecule has 0 aromatic heterocycles. The molecule has 2 N–H and O–H groups in total. The highest BCUT2D eigenvalue weighted by atomic mass is 32.2. The van der Waals surface area contributed by atoms with E-state index in [1.54, 1.807) is 12.1 Å². The minimum atomic E-state index is -3.66. The number of sulfonamides is 1. The number of carbonyl (C=O) groups is 1. The van der Waals surface area contributed by atoms with Crippen molar-refractivity contribution in [2.75, 3.05) is 13.1 Å². The molecule has 0 spiro atoms. The van der Waals surface area contributed by atoms with Gasteiger partial charge >= 0.3 is 0 Å². The van der Waals surface area contributed by atoms with Gasteiger partial charge in [0.25, 0.3) is 0 Å². The quantitative estimate of drug-likeness (QED) is 0.718. The van der Waals surface area contributed by atoms with E-state index in [9.17, 15) is 13.2 Å². The van der Waals surface area contributed by atoms with E-state index < -0.39 is 10.0 Å². The molecule has 128 valence electrons. The first-order valence-corrected chi connectivity index (χ1v) is 9.33. The first kappa shape index (κ1) is 18.2. The SMILES string of the molecule is Cc1ccc(S(=O)(=O)NCC(=O)NCCCc2ccccc2)cc1. The van der Waals surface area contributed by atoms with Gasteiger partial charge in [-0.3, -0.25) is 4.79 Å². The summed E-state index contributed by atoms with van der Waals surface area (Å²) >= 11 is 0. The van der Waals surface area contributed by atoms with Crippen LogP contribution in [0.15, 0.2) is 59.5 Å². The summed E-state index contributed by atoms with van der Waals surface area (Å²) in [4.78, 5) is 11.9. The average Bonchev–Trinajstić information content (AvgIpc) is 2.58. The third kappa shape index (κ3) is 5.79. The first-order valence-electron chi connectivity index (χ1n) is 7.84. The van der Waals surface area contributed by atoms with E-state index in [4.69, 9.17) is 0 Å². The third-order valence-electron chi connectivity index (χ3n) is 3.56. The van der Waals surface area contributed by atoms with Crippen LogP contribution in [0.25, 0.3) is 0 Å². The molecule has 0 aliphatic heterocycles. The number of benzene rings is 2. The van der Waals surface area contributed by atoms with E-state index in [-0.39, 0.29) is 17.3 Å². The van der Waals surface area contributed by atoms with Crippen LogP contribution in [0.5, 0.6) is 0 Å². The summed E-state index contributed by atoms with van der Waals surface area (Å²) in [7, 11) is -3.66. The summed E-state index contributed by atoms with van der Waals surface area (Å²) in [5.74, 6) is -0.334. The number of amides is 1. The zero-order valence-corrected chi connectivity index (χ0v) is 14.5. The zero-order valence-electron chi connectivity index (χ0n) is 13.7. The van der Waals surface area contributed by atoms with Crippen LogP contribution in [-0.2, 0) is 21.2 Å². The molecule has 0 aliphatic rings. The van der Waals surface area contributed by atoms with Crippen LogP contribution in [0.3, 0.4) is 0 Å². The largest absolute Gasteiger partial charge is 0.355 e. The maximum Gasteiger partial charge on any atom is 0.241 e. The van der Waals surface area contributed by atoms with E-state index in [1.165, 1.54) is 17.7 Å². The van der Waals surface area contributed by atoms with Crippen molar-refractivity contribution in [3.8, 4) is 0 Å². The van der Waals surface area contributed by atoms with Gasteiger partial charge in [0.2, 0.25) is 15.9 Å². The highest BCUT2D eigenvalue weighted by molar-refractivity contribution is 7.89. The van der Waals surface area contributed by atoms with Crippen LogP contribution >= 0.6 is 0 Å². The molecule has 0 atom stereocenters. The first-order chi connectivity index (χ1) is 11.5. The molecule has 0 saturated heterocycles. The van der Waals surface area contributed by atoms with Gasteiger partial charge in [-0.25, -0.2) is 13.1 Å². The summed E-state index contributed by atoms with van der Waals surface area (Å²) in [6, 6.07) is 16.5. The molecule has 2 rings (SSSR count). The molecule has 0 saturated carbocycles. The van der Waals surface area contributed by atoms with E-state index in [0.29, 0.717) is 6.54 Å². The van der Waals surface area contributed by atoms with Crippen molar-refractivity contribution < 1.29 is 13.2 Å². The van der Waals surface area contributed by atoms with Crippen molar-refractivity contribution in [3.63, 3.8) is 0 Å². The monoisotopic (exact) mass is 346 g/mol. The van der Waals surface area contributed by atoms with Crippen molar-refractivity contribution in [2.45, 2.75) is 24.7 Å². The van der Waals surface area contributed by atoms with Crippen molar-refractivity contribution in [1.82, 2.24) is 10.0 Å². The Morgan fingerprint density at radius 3 is 2.33 bits per heavy atom. The Labute approximate surface area is 143 Å². The summed E-state index contributed by atoms with van der Waals surface area (Å²) in [5, 5.41) is 2.72. The molecule has 2 aromatic carbocycles. The smallest absolute Gasteiger partial charge is 0.241 e. The lowest BCUT2D eigenvalue weighted by Gasteiger charge is -2.08. The lowest BCUT2D eigenvalue weighted by molar-refractivity contribution is -0.119. The van der Waals surface area contributed by atoms with Gasteiger partial charge in [0.05, 0.1) is 11.4 Å². The molecule has 5 nitrogen and oxygen atoms in total. The highest BCUT2D eigenvalue weighted by Crippen LogP contribution is 2.09. The average molecular weight is 346 g/mol. The number of rotatable bonds is 8. The van der Waals surface area contributed by atoms with Crippen molar-refractivity contribution in [1.29, 1.82) is 0 Å². The molecule has 0 bridgehead atoms. The third-order valence-corrected chi connectivity index (χ3v) is 4.98. The Morgan fingerprint density at radius 2 is 1.67 bits per heavy atom. The van der Waals surface area contributed by atoms with E-state index in [2.05, 4.69) is 10.0 Å². The van der Waals surface area contributed by atoms with E-state index in [1.807, 2.05) is 37.3 Å². The second kappa shape index (κ2) is 8.61. The van der Waals surface area contributed by atoms with Crippen LogP contribution in [0.1, 0.15) is 17.5 Å². The number of hydrogen-bond donors (Lipinski definition) is 2. The second-order valence-corrected chi connectivity index (χ2v) is 7.34. The van der Waals surface area contributed by atoms with E-state index in [0.717, 1.165) is 18.4 Å². The van der Waals surface area contributed by atoms with Crippen LogP contribution < -0.4 is 10.0 Å². The topological polar surface area (TPSA) is 75.3 Å². The molecule has 0 heterocycles. The minimum absolute atomic E-state index is 0.157. The lowest BCUT2D eigenvalue weighted by atomic mass is 10.1. The summed E-state index contributed by atoms with van der Waals surface area (Å²) in [6.45, 7) is 2.13. The molecular weight excluding hydrogens is 324 g/mol. The van der Waals surface area contributed by atoms with E-state index >= 15 is 0 Å². The predicted octanol–water partition coefficient (Wildman–Crippen LogP) is 2.02. The standard InChI is InChI=1S/C18H22N2O3S/c1-15-9-11-17(12-10-15)24(22,23)20-14-18(21)19-13-5-8-16-6-3-2-4-7-16/h2-4,6-7,9-12,20H,5,8,13-14H2,1H3,(H,19,21). The Balaban J connectivity index is 1.71. The maximum absolute atomic E-state index is 12.1. The summed E-state index contributed by atoms with van der Waals surface area (Å²) < 4.78 is 26.5. The number of carbonyl (C=O) groups excluding carboxylic acids is 1. The molecule has 6 heteroatoms. The highest BCUT2D eigenvalue weighted by Gasteiger charge is 2.14. The van der Waals surface area contributed by atoms with Crippen molar-refractivity contribution in [2.24, 2.45) is 0 Å². The second-order valence-electron chi connectivity index (χ2n) is 5.58. The van der Waals surface area contributed by atoms with Gasteiger partial charge in [0.1, 0.15) is 0 Å². The maximum atomic E-state index is 12.1. The van der Waals surface area contributed by atoms with Crippen LogP contribution in [0.2, 0.25) is 0 Å². The Bertz CT molecular complexity index is 757. The van der Waals surface area contributed by atoms with Crippen molar-refractivity contribution in [3.05, 3.63) is 65.7 Å². The summed E-state index contributed by atoms with van der Waals surface area (Å²) in [6.07, 6.45) is 1.68. The van der Waals surface area contributed by atoms with Gasteiger partial charge in [0, 0.05) is 6.54 Å². The van der Waals surface area contributed by atoms with Gasteiger partial charge in [-0.05, 0) is 37.5 Å². The molecule has 1 amide bonds. The lowest BCUT2D eigenvalue weighted by Crippen LogP contribution is -2.37. The molecule has 2 aromatic rings. The molecule has 0 radical (unpaired) electrons. The Kier molecular flexibility index (Phi) is 6.52. The van der Waals surface area contributed by atoms with Gasteiger partial charge in [-0.1, -0.05) is 48.0 Å². The van der Waals surface area contributed by atoms with Gasteiger partial charge in [0.15, 0.2) is 0 Å². The molecular formula is C18H22N2O3S. The molecule has 0 aliphatic carbocycles. The number of aryl methyl sites for hydroxylation is 2. The normalized spacial score (nSPS) is 11.2. The fraction of sp³-hybridized carbons (Fsp3) is 0.278. The molecule has 24 heavy (non-hydrogen) atoms. The zero-order chi connectivity index (χ0) is 17.4. The van der Waals surface area contributed by atoms with Gasteiger partial charge in [-0.2, -0.15) is 0 Å². The molecule has 0 unspecified atom stereocenters. The Hall–Kier alpha value is -2.18. The fourth-order valence-electron chi connectivity index (χ4n) is 2.19. The number of nitrogens with one attached hydrogen (secondary N) is 2. The van der Waals surface area contributed by atoms with Gasteiger partial charge in [-0.15, -0.1) is 0 Å². The Morgan fingerprint density at radius 1 is 1.00 bits per heavy atom. The molecule has 0 fully saturated rings. The summed E-state index contributed by atoms with van der Waals surface area (Å²) in [5.41, 5.74) is 2.19. The van der Waals surface area contributed by atoms with Gasteiger partial charge < -0.3 is 5.32 Å². The fourth-order valence-corrected chi connectivity index (χ4v) is 3.17. The van der Waals surface area contributed by atoms with Crippen LogP contribution in [0, 0.1) is 6.92 Å². The minimum Gasteiger partial charge on any atom is -0.355 e. The predicted molar refractivity (Wildman–Crippen MR) is 94.1 cm³/mol. The van der Waals surface area contributed by atoms with Crippen LogP contribution in [-0.4, -0.2) is 27.4 Å². The number of hydrogen-bond acceptors (Lipinski definition) is 3. The van der Waals surface area contributed by atoms with Crippen molar-refractivity contribution >= 4 is 15.9 Å².